The highest BCUT2D eigenvalue weighted by molar-refractivity contribution is 6.42. The largest absolute Gasteiger partial charge is 0.478 e. The van der Waals surface area contributed by atoms with E-state index < -0.39 is 11.9 Å². The van der Waals surface area contributed by atoms with E-state index in [-0.39, 0.29) is 27.2 Å². The number of aryl methyl sites for hydroxylation is 3. The molecule has 2 aliphatic rings. The van der Waals surface area contributed by atoms with Crippen LogP contribution in [0.3, 0.4) is 0 Å². The molecule has 1 N–H and O–H groups in total. The van der Waals surface area contributed by atoms with Crippen LogP contribution in [0.4, 0.5) is 0 Å². The first kappa shape index (κ1) is 24.3. The third-order valence-electron chi connectivity index (χ3n) is 6.98. The summed E-state index contributed by atoms with van der Waals surface area (Å²) < 4.78 is 2.08. The fourth-order valence-electron chi connectivity index (χ4n) is 4.80. The van der Waals surface area contributed by atoms with E-state index in [9.17, 15) is 14.7 Å². The van der Waals surface area contributed by atoms with Crippen molar-refractivity contribution in [1.82, 2.24) is 19.4 Å². The van der Waals surface area contributed by atoms with Crippen LogP contribution in [0.5, 0.6) is 0 Å². The van der Waals surface area contributed by atoms with E-state index in [1.165, 1.54) is 12.1 Å². The topological polar surface area (TPSA) is 88.3 Å². The predicted octanol–water partition coefficient (Wildman–Crippen LogP) is 5.79. The lowest BCUT2D eigenvalue weighted by molar-refractivity contribution is 0.0677. The molecule has 0 radical (unpaired) electrons. The molecular formula is C27H24Cl2N4O3. The van der Waals surface area contributed by atoms with Crippen LogP contribution < -0.4 is 0 Å². The zero-order chi connectivity index (χ0) is 25.9. The van der Waals surface area contributed by atoms with Gasteiger partial charge < -0.3 is 10.0 Å². The van der Waals surface area contributed by atoms with Crippen molar-refractivity contribution in [1.29, 1.82) is 0 Å². The van der Waals surface area contributed by atoms with Gasteiger partial charge in [0.1, 0.15) is 11.3 Å². The Morgan fingerprint density at radius 3 is 2.44 bits per heavy atom. The molecule has 1 atom stereocenters. The molecule has 1 aromatic carbocycles. The monoisotopic (exact) mass is 522 g/mol. The van der Waals surface area contributed by atoms with Crippen LogP contribution in [-0.4, -0.2) is 49.0 Å². The third-order valence-corrected chi connectivity index (χ3v) is 7.70. The van der Waals surface area contributed by atoms with E-state index >= 15 is 0 Å². The molecule has 0 spiro atoms. The Morgan fingerprint density at radius 1 is 1.08 bits per heavy atom. The number of pyridine rings is 1. The van der Waals surface area contributed by atoms with E-state index in [4.69, 9.17) is 33.2 Å². The van der Waals surface area contributed by atoms with Gasteiger partial charge in [-0.25, -0.2) is 14.8 Å². The number of carbonyl (C=O) groups excluding carboxylic acids is 1. The van der Waals surface area contributed by atoms with Crippen LogP contribution >= 0.6 is 23.2 Å². The van der Waals surface area contributed by atoms with Crippen LogP contribution in [0.1, 0.15) is 50.3 Å². The summed E-state index contributed by atoms with van der Waals surface area (Å²) in [5.41, 5.74) is 6.63. The van der Waals surface area contributed by atoms with Crippen molar-refractivity contribution in [3.8, 4) is 0 Å². The minimum absolute atomic E-state index is 0.00844. The Balaban J connectivity index is 1.52. The number of imidazole rings is 1. The smallest absolute Gasteiger partial charge is 0.336 e. The molecular weight excluding hydrogens is 499 g/mol. The molecule has 1 unspecified atom stereocenters. The Bertz CT molecular complexity index is 1570. The zero-order valence-electron chi connectivity index (χ0n) is 20.3. The SMILES string of the molecule is CCc1nc2c(C)c(C)c(C)nc2n1C1=CC2=CCN(C(=O)c3cc(Cl)c(Cl)cc3C(=O)O)C2C=C1. The molecule has 5 rings (SSSR count). The molecule has 1 aliphatic carbocycles. The molecule has 0 bridgehead atoms. The minimum atomic E-state index is -1.24. The molecule has 0 fully saturated rings. The summed E-state index contributed by atoms with van der Waals surface area (Å²) in [4.78, 5) is 36.6. The molecule has 9 heteroatoms. The van der Waals surface area contributed by atoms with E-state index in [0.717, 1.165) is 51.5 Å². The van der Waals surface area contributed by atoms with Gasteiger partial charge in [0.2, 0.25) is 0 Å². The number of halogens is 2. The van der Waals surface area contributed by atoms with Gasteiger partial charge in [0.15, 0.2) is 5.65 Å². The molecule has 0 saturated carbocycles. The number of hydrogen-bond acceptors (Lipinski definition) is 4. The lowest BCUT2D eigenvalue weighted by atomic mass is 10.00. The van der Waals surface area contributed by atoms with Gasteiger partial charge in [0.05, 0.1) is 27.2 Å². The fourth-order valence-corrected chi connectivity index (χ4v) is 5.13. The van der Waals surface area contributed by atoms with Crippen molar-refractivity contribution >= 4 is 51.9 Å². The fraction of sp³-hybridized carbons (Fsp3) is 0.259. The van der Waals surface area contributed by atoms with Crippen LogP contribution in [0.2, 0.25) is 10.0 Å². The van der Waals surface area contributed by atoms with Crippen molar-refractivity contribution in [2.75, 3.05) is 6.54 Å². The van der Waals surface area contributed by atoms with Crippen LogP contribution in [0.25, 0.3) is 16.9 Å². The molecule has 0 saturated heterocycles. The minimum Gasteiger partial charge on any atom is -0.478 e. The van der Waals surface area contributed by atoms with Crippen molar-refractivity contribution in [2.45, 2.75) is 40.2 Å². The Kier molecular flexibility index (Phi) is 6.01. The number of amides is 1. The average molecular weight is 523 g/mol. The number of fused-ring (bicyclic) bond motifs is 2. The number of hydrogen-bond donors (Lipinski definition) is 1. The lowest BCUT2D eigenvalue weighted by Gasteiger charge is -2.27. The molecule has 36 heavy (non-hydrogen) atoms. The number of aromatic nitrogens is 3. The van der Waals surface area contributed by atoms with Crippen molar-refractivity contribution in [3.05, 3.63) is 85.8 Å². The van der Waals surface area contributed by atoms with E-state index in [2.05, 4.69) is 25.3 Å². The van der Waals surface area contributed by atoms with E-state index in [1.54, 1.807) is 4.90 Å². The van der Waals surface area contributed by atoms with Crippen molar-refractivity contribution in [3.63, 3.8) is 0 Å². The molecule has 1 aliphatic heterocycles. The summed E-state index contributed by atoms with van der Waals surface area (Å²) in [6, 6.07) is 2.22. The summed E-state index contributed by atoms with van der Waals surface area (Å²) in [6.45, 7) is 8.54. The normalized spacial score (nSPS) is 16.8. The summed E-state index contributed by atoms with van der Waals surface area (Å²) in [6.07, 6.45) is 8.66. The highest BCUT2D eigenvalue weighted by Crippen LogP contribution is 2.34. The lowest BCUT2D eigenvalue weighted by Crippen LogP contribution is -2.37. The van der Waals surface area contributed by atoms with Gasteiger partial charge in [0, 0.05) is 24.4 Å². The molecule has 1 amide bonds. The molecule has 7 nitrogen and oxygen atoms in total. The average Bonchev–Trinajstić information content (AvgIpc) is 3.44. The highest BCUT2D eigenvalue weighted by Gasteiger charge is 2.33. The summed E-state index contributed by atoms with van der Waals surface area (Å²) >= 11 is 12.1. The highest BCUT2D eigenvalue weighted by atomic mass is 35.5. The first-order valence-corrected chi connectivity index (χ1v) is 12.4. The molecule has 3 heterocycles. The second-order valence-electron chi connectivity index (χ2n) is 8.99. The van der Waals surface area contributed by atoms with Gasteiger partial charge in [-0.2, -0.15) is 0 Å². The van der Waals surface area contributed by atoms with Crippen LogP contribution in [0, 0.1) is 20.8 Å². The van der Waals surface area contributed by atoms with Crippen LogP contribution in [0.15, 0.2) is 42.0 Å². The van der Waals surface area contributed by atoms with E-state index in [0.29, 0.717) is 6.54 Å². The number of allylic oxidation sites excluding steroid dienone is 2. The summed E-state index contributed by atoms with van der Waals surface area (Å²) in [5.74, 6) is -0.749. The van der Waals surface area contributed by atoms with Gasteiger partial charge in [-0.05, 0) is 61.8 Å². The van der Waals surface area contributed by atoms with Crippen molar-refractivity contribution < 1.29 is 14.7 Å². The maximum atomic E-state index is 13.4. The Morgan fingerprint density at radius 2 is 1.78 bits per heavy atom. The van der Waals surface area contributed by atoms with E-state index in [1.807, 2.05) is 31.2 Å². The quantitative estimate of drug-likeness (QED) is 0.468. The van der Waals surface area contributed by atoms with Gasteiger partial charge >= 0.3 is 5.97 Å². The number of aromatic carboxylic acids is 1. The second kappa shape index (κ2) is 8.91. The summed E-state index contributed by atoms with van der Waals surface area (Å²) in [7, 11) is 0. The van der Waals surface area contributed by atoms with Crippen molar-refractivity contribution in [2.24, 2.45) is 0 Å². The maximum absolute atomic E-state index is 13.4. The van der Waals surface area contributed by atoms with Gasteiger partial charge in [0.25, 0.3) is 5.91 Å². The zero-order valence-corrected chi connectivity index (χ0v) is 21.8. The number of carbonyl (C=O) groups is 2. The number of benzene rings is 1. The first-order chi connectivity index (χ1) is 17.1. The van der Waals surface area contributed by atoms with Gasteiger partial charge in [-0.15, -0.1) is 0 Å². The third kappa shape index (κ3) is 3.74. The van der Waals surface area contributed by atoms with Crippen LogP contribution in [-0.2, 0) is 6.42 Å². The number of nitrogens with zero attached hydrogens (tertiary/aromatic N) is 4. The number of rotatable bonds is 4. The number of carboxylic acid groups (broad SMARTS) is 1. The maximum Gasteiger partial charge on any atom is 0.336 e. The number of carboxylic acids is 1. The first-order valence-electron chi connectivity index (χ1n) is 11.6. The summed E-state index contributed by atoms with van der Waals surface area (Å²) in [5, 5.41) is 9.83. The molecule has 3 aromatic rings. The Hall–Kier alpha value is -3.42. The van der Waals surface area contributed by atoms with Gasteiger partial charge in [-0.3, -0.25) is 9.36 Å². The molecule has 184 valence electrons. The predicted molar refractivity (Wildman–Crippen MR) is 141 cm³/mol. The Labute approximate surface area is 218 Å². The van der Waals surface area contributed by atoms with Gasteiger partial charge in [-0.1, -0.05) is 42.3 Å². The molecule has 2 aromatic heterocycles. The standard InChI is InChI=1S/C27H24Cl2N4O3/c1-5-23-31-24-14(3)13(2)15(4)30-25(24)33(23)17-6-7-22-16(10-17)8-9-32(22)26(34)18-11-20(28)21(29)12-19(18)27(35)36/h6-8,10-12,22H,5,9H2,1-4H3,(H,35,36). The second-order valence-corrected chi connectivity index (χ2v) is 9.80.